The number of anilines is 1. The molecule has 0 radical (unpaired) electrons. The molecule has 0 spiro atoms. The molecule has 1 aromatic heterocycles. The van der Waals surface area contributed by atoms with Crippen molar-refractivity contribution in [3.05, 3.63) is 24.0 Å². The predicted molar refractivity (Wildman–Crippen MR) is 75.2 cm³/mol. The minimum Gasteiger partial charge on any atom is -0.309 e. The van der Waals surface area contributed by atoms with E-state index in [1.807, 2.05) is 23.2 Å². The van der Waals surface area contributed by atoms with Crippen LogP contribution in [-0.2, 0) is 10.2 Å². The van der Waals surface area contributed by atoms with Crippen LogP contribution in [0.15, 0.2) is 18.3 Å². The molecule has 4 heteroatoms. The zero-order chi connectivity index (χ0) is 13.6. The lowest BCUT2D eigenvalue weighted by molar-refractivity contribution is -0.118. The normalized spacial score (nSPS) is 26.9. The number of carbonyl (C=O) groups excluding carboxylic acids is 1. The molecule has 0 bridgehead atoms. The molecule has 2 saturated heterocycles. The van der Waals surface area contributed by atoms with Crippen molar-refractivity contribution >= 4 is 11.6 Å². The molecule has 3 rings (SSSR count). The van der Waals surface area contributed by atoms with Crippen LogP contribution in [0.25, 0.3) is 0 Å². The molecule has 0 aromatic carbocycles. The molecular weight excluding hydrogens is 238 g/mol. The second-order valence-electron chi connectivity index (χ2n) is 6.58. The van der Waals surface area contributed by atoms with E-state index in [-0.39, 0.29) is 17.4 Å². The van der Waals surface area contributed by atoms with Gasteiger partial charge in [-0.15, -0.1) is 0 Å². The third kappa shape index (κ3) is 2.14. The van der Waals surface area contributed by atoms with Crippen LogP contribution >= 0.6 is 0 Å². The minimum atomic E-state index is 0.0299. The first-order chi connectivity index (χ1) is 8.97. The topological polar surface area (TPSA) is 45.2 Å². The van der Waals surface area contributed by atoms with Crippen LogP contribution < -0.4 is 10.2 Å². The number of rotatable bonds is 1. The van der Waals surface area contributed by atoms with Gasteiger partial charge in [-0.3, -0.25) is 9.78 Å². The number of hydrogen-bond acceptors (Lipinski definition) is 3. The van der Waals surface area contributed by atoms with E-state index in [0.29, 0.717) is 5.92 Å². The predicted octanol–water partition coefficient (Wildman–Crippen LogP) is 1.70. The Labute approximate surface area is 114 Å². The van der Waals surface area contributed by atoms with Crippen molar-refractivity contribution in [2.24, 2.45) is 5.92 Å². The van der Waals surface area contributed by atoms with E-state index in [2.05, 4.69) is 31.1 Å². The van der Waals surface area contributed by atoms with E-state index in [0.717, 1.165) is 30.9 Å². The van der Waals surface area contributed by atoms with Crippen molar-refractivity contribution in [3.8, 4) is 0 Å². The number of nitrogens with one attached hydrogen (secondary N) is 1. The van der Waals surface area contributed by atoms with Gasteiger partial charge in [-0.1, -0.05) is 20.8 Å². The van der Waals surface area contributed by atoms with Crippen molar-refractivity contribution < 1.29 is 4.79 Å². The summed E-state index contributed by atoms with van der Waals surface area (Å²) >= 11 is 0. The van der Waals surface area contributed by atoms with Gasteiger partial charge in [0.05, 0.1) is 17.9 Å². The van der Waals surface area contributed by atoms with E-state index in [1.54, 1.807) is 0 Å². The third-order valence-electron chi connectivity index (χ3n) is 4.13. The van der Waals surface area contributed by atoms with Crippen molar-refractivity contribution in [1.82, 2.24) is 10.3 Å². The molecule has 2 fully saturated rings. The SMILES string of the molecule is CC(C)(C)c1ccc(N2C[C@H]3CCN[C@H]3C2=O)cn1. The molecule has 0 aliphatic carbocycles. The summed E-state index contributed by atoms with van der Waals surface area (Å²) < 4.78 is 0. The molecule has 19 heavy (non-hydrogen) atoms. The van der Waals surface area contributed by atoms with Gasteiger partial charge >= 0.3 is 0 Å². The van der Waals surface area contributed by atoms with Gasteiger partial charge < -0.3 is 10.2 Å². The van der Waals surface area contributed by atoms with Crippen molar-refractivity contribution in [3.63, 3.8) is 0 Å². The zero-order valence-electron chi connectivity index (χ0n) is 11.8. The summed E-state index contributed by atoms with van der Waals surface area (Å²) in [6.07, 6.45) is 2.93. The summed E-state index contributed by atoms with van der Waals surface area (Å²) in [5.41, 5.74) is 2.03. The van der Waals surface area contributed by atoms with Gasteiger partial charge in [0.2, 0.25) is 5.91 Å². The smallest absolute Gasteiger partial charge is 0.244 e. The van der Waals surface area contributed by atoms with Crippen LogP contribution in [0.4, 0.5) is 5.69 Å². The molecule has 102 valence electrons. The molecule has 2 aliphatic heterocycles. The van der Waals surface area contributed by atoms with Crippen LogP contribution in [0.1, 0.15) is 32.9 Å². The number of amides is 1. The summed E-state index contributed by atoms with van der Waals surface area (Å²) in [7, 11) is 0. The maximum Gasteiger partial charge on any atom is 0.244 e. The van der Waals surface area contributed by atoms with E-state index in [1.165, 1.54) is 0 Å². The second-order valence-corrected chi connectivity index (χ2v) is 6.58. The van der Waals surface area contributed by atoms with Gasteiger partial charge in [-0.25, -0.2) is 0 Å². The monoisotopic (exact) mass is 259 g/mol. The highest BCUT2D eigenvalue weighted by molar-refractivity contribution is 6.00. The highest BCUT2D eigenvalue weighted by Crippen LogP contribution is 2.30. The maximum atomic E-state index is 12.3. The standard InChI is InChI=1S/C15H21N3O/c1-15(2,3)12-5-4-11(8-17-12)18-9-10-6-7-16-13(10)14(18)19/h4-5,8,10,13,16H,6-7,9H2,1-3H3/t10-,13-/m1/s1. The molecule has 2 aliphatic rings. The molecule has 1 aromatic rings. The molecule has 1 amide bonds. The summed E-state index contributed by atoms with van der Waals surface area (Å²) in [5, 5.41) is 3.29. The van der Waals surface area contributed by atoms with E-state index < -0.39 is 0 Å². The van der Waals surface area contributed by atoms with Crippen molar-refractivity contribution in [2.75, 3.05) is 18.0 Å². The Morgan fingerprint density at radius 2 is 2.16 bits per heavy atom. The van der Waals surface area contributed by atoms with Crippen molar-refractivity contribution in [1.29, 1.82) is 0 Å². The van der Waals surface area contributed by atoms with Gasteiger partial charge in [-0.2, -0.15) is 0 Å². The van der Waals surface area contributed by atoms with Gasteiger partial charge in [0, 0.05) is 23.6 Å². The molecule has 1 N–H and O–H groups in total. The highest BCUT2D eigenvalue weighted by Gasteiger charge is 2.43. The Balaban J connectivity index is 1.82. The average molecular weight is 259 g/mol. The number of fused-ring (bicyclic) bond motifs is 1. The van der Waals surface area contributed by atoms with Gasteiger partial charge in [0.15, 0.2) is 0 Å². The Morgan fingerprint density at radius 1 is 1.37 bits per heavy atom. The number of nitrogens with zero attached hydrogens (tertiary/aromatic N) is 2. The second kappa shape index (κ2) is 4.30. The Bertz CT molecular complexity index is 489. The lowest BCUT2D eigenvalue weighted by atomic mass is 9.92. The quantitative estimate of drug-likeness (QED) is 0.835. The first-order valence-corrected chi connectivity index (χ1v) is 6.98. The van der Waals surface area contributed by atoms with Crippen LogP contribution in [0.5, 0.6) is 0 Å². The lowest BCUT2D eigenvalue weighted by Gasteiger charge is -2.21. The van der Waals surface area contributed by atoms with E-state index >= 15 is 0 Å². The number of hydrogen-bond donors (Lipinski definition) is 1. The molecule has 3 heterocycles. The zero-order valence-corrected chi connectivity index (χ0v) is 11.8. The summed E-state index contributed by atoms with van der Waals surface area (Å²) in [6.45, 7) is 8.22. The van der Waals surface area contributed by atoms with Crippen LogP contribution in [0, 0.1) is 5.92 Å². The first kappa shape index (κ1) is 12.6. The third-order valence-corrected chi connectivity index (χ3v) is 4.13. The van der Waals surface area contributed by atoms with E-state index in [4.69, 9.17) is 0 Å². The summed E-state index contributed by atoms with van der Waals surface area (Å²) in [5.74, 6) is 0.669. The number of aromatic nitrogens is 1. The summed E-state index contributed by atoms with van der Waals surface area (Å²) in [4.78, 5) is 18.7. The van der Waals surface area contributed by atoms with Gasteiger partial charge in [0.25, 0.3) is 0 Å². The van der Waals surface area contributed by atoms with E-state index in [9.17, 15) is 4.79 Å². The Morgan fingerprint density at radius 3 is 2.74 bits per heavy atom. The number of pyridine rings is 1. The molecule has 2 atom stereocenters. The van der Waals surface area contributed by atoms with Crippen LogP contribution in [-0.4, -0.2) is 30.0 Å². The molecule has 0 unspecified atom stereocenters. The van der Waals surface area contributed by atoms with Gasteiger partial charge in [0.1, 0.15) is 0 Å². The molecular formula is C15H21N3O. The highest BCUT2D eigenvalue weighted by atomic mass is 16.2. The maximum absolute atomic E-state index is 12.3. The summed E-state index contributed by atoms with van der Waals surface area (Å²) in [6, 6.07) is 4.08. The molecule has 4 nitrogen and oxygen atoms in total. The fourth-order valence-corrected chi connectivity index (χ4v) is 2.96. The fourth-order valence-electron chi connectivity index (χ4n) is 2.96. The minimum absolute atomic E-state index is 0.0299. The van der Waals surface area contributed by atoms with Crippen molar-refractivity contribution in [2.45, 2.75) is 38.6 Å². The van der Waals surface area contributed by atoms with Gasteiger partial charge in [-0.05, 0) is 25.1 Å². The number of carbonyl (C=O) groups is 1. The Kier molecular flexibility index (Phi) is 2.86. The van der Waals surface area contributed by atoms with Crippen LogP contribution in [0.3, 0.4) is 0 Å². The fraction of sp³-hybridized carbons (Fsp3) is 0.600. The average Bonchev–Trinajstić information content (AvgIpc) is 2.92. The lowest BCUT2D eigenvalue weighted by Crippen LogP contribution is -2.36. The van der Waals surface area contributed by atoms with Crippen LogP contribution in [0.2, 0.25) is 0 Å². The largest absolute Gasteiger partial charge is 0.309 e. The first-order valence-electron chi connectivity index (χ1n) is 6.98. The Hall–Kier alpha value is -1.42. The molecule has 0 saturated carbocycles.